The molecular weight excluding hydrogens is 204 g/mol. The highest BCUT2D eigenvalue weighted by Crippen LogP contribution is 2.02. The molecule has 0 heterocycles. The van der Waals surface area contributed by atoms with Gasteiger partial charge >= 0.3 is 17.9 Å². The number of aliphatic carboxylic acids is 1. The number of hydrogen-bond donors (Lipinski definition) is 1. The fourth-order valence-corrected chi connectivity index (χ4v) is 0.647. The molecule has 0 radical (unpaired) electrons. The van der Waals surface area contributed by atoms with Gasteiger partial charge in [0.15, 0.2) is 0 Å². The minimum absolute atomic E-state index is 0.123. The molecule has 6 nitrogen and oxygen atoms in total. The third-order valence-electron chi connectivity index (χ3n) is 1.75. The molecule has 86 valence electrons. The molecule has 0 aromatic heterocycles. The minimum Gasteiger partial charge on any atom is -0.473 e. The summed E-state index contributed by atoms with van der Waals surface area (Å²) < 4.78 is 8.97. The van der Waals surface area contributed by atoms with Gasteiger partial charge in [0.05, 0.1) is 5.92 Å². The molecule has 1 atom stereocenters. The van der Waals surface area contributed by atoms with E-state index in [1.165, 1.54) is 0 Å². The van der Waals surface area contributed by atoms with Crippen LogP contribution in [0.1, 0.15) is 20.3 Å². The Bertz CT molecular complexity index is 247. The van der Waals surface area contributed by atoms with Crippen LogP contribution >= 0.6 is 0 Å². The molecule has 0 saturated carbocycles. The van der Waals surface area contributed by atoms with Gasteiger partial charge in [-0.1, -0.05) is 13.8 Å². The average molecular weight is 218 g/mol. The summed E-state index contributed by atoms with van der Waals surface area (Å²) in [5, 5.41) is 8.13. The van der Waals surface area contributed by atoms with Crippen molar-refractivity contribution in [3.8, 4) is 0 Å². The zero-order valence-corrected chi connectivity index (χ0v) is 8.69. The van der Waals surface area contributed by atoms with E-state index < -0.39 is 11.9 Å². The van der Waals surface area contributed by atoms with E-state index >= 15 is 0 Å². The van der Waals surface area contributed by atoms with Crippen LogP contribution in [0.3, 0.4) is 0 Å². The van der Waals surface area contributed by atoms with Gasteiger partial charge in [0, 0.05) is 0 Å². The smallest absolute Gasteiger partial charge is 0.417 e. The zero-order chi connectivity index (χ0) is 11.8. The van der Waals surface area contributed by atoms with Gasteiger partial charge in [-0.25, -0.2) is 9.59 Å². The maximum absolute atomic E-state index is 11.1. The average Bonchev–Trinajstić information content (AvgIpc) is 2.22. The second-order valence-corrected chi connectivity index (χ2v) is 2.92. The normalized spacial score (nSPS) is 11.6. The van der Waals surface area contributed by atoms with E-state index in [1.54, 1.807) is 6.92 Å². The predicted octanol–water partition coefficient (Wildman–Crippen LogP) is 0.203. The van der Waals surface area contributed by atoms with E-state index in [-0.39, 0.29) is 25.1 Å². The van der Waals surface area contributed by atoms with E-state index in [4.69, 9.17) is 9.84 Å². The quantitative estimate of drug-likeness (QED) is 0.403. The number of rotatable bonds is 5. The molecule has 0 aliphatic rings. The summed E-state index contributed by atoms with van der Waals surface area (Å²) in [5.74, 6) is -3.61. The van der Waals surface area contributed by atoms with E-state index in [0.29, 0.717) is 6.42 Å². The summed E-state index contributed by atoms with van der Waals surface area (Å²) in [6, 6.07) is 0. The molecule has 0 unspecified atom stereocenters. The van der Waals surface area contributed by atoms with Crippen molar-refractivity contribution in [1.82, 2.24) is 0 Å². The van der Waals surface area contributed by atoms with Crippen LogP contribution in [-0.4, -0.2) is 36.2 Å². The highest BCUT2D eigenvalue weighted by molar-refractivity contribution is 6.28. The Morgan fingerprint density at radius 3 is 2.20 bits per heavy atom. The lowest BCUT2D eigenvalue weighted by molar-refractivity contribution is -0.166. The number of ether oxygens (including phenoxy) is 2. The van der Waals surface area contributed by atoms with Gasteiger partial charge in [-0.2, -0.15) is 0 Å². The lowest BCUT2D eigenvalue weighted by Crippen LogP contribution is -2.21. The lowest BCUT2D eigenvalue weighted by atomic mass is 10.1. The summed E-state index contributed by atoms with van der Waals surface area (Å²) in [5.41, 5.74) is 0. The fourth-order valence-electron chi connectivity index (χ4n) is 0.647. The van der Waals surface area contributed by atoms with E-state index in [0.717, 1.165) is 0 Å². The van der Waals surface area contributed by atoms with E-state index in [1.807, 2.05) is 6.92 Å². The standard InChI is InChI=1S/C9H14O6/c1-3-6(2)8(12)14-4-5-15-9(13)7(10)11/h6H,3-5H2,1-2H3,(H,10,11)/t6-/m0/s1. The number of carbonyl (C=O) groups is 3. The van der Waals surface area contributed by atoms with Gasteiger partial charge in [-0.05, 0) is 6.42 Å². The van der Waals surface area contributed by atoms with Crippen LogP contribution < -0.4 is 0 Å². The van der Waals surface area contributed by atoms with Gasteiger partial charge in [-0.15, -0.1) is 0 Å². The van der Waals surface area contributed by atoms with Crippen molar-refractivity contribution in [1.29, 1.82) is 0 Å². The Hall–Kier alpha value is -1.59. The molecular formula is C9H14O6. The predicted molar refractivity (Wildman–Crippen MR) is 49.0 cm³/mol. The summed E-state index contributed by atoms with van der Waals surface area (Å²) in [6.07, 6.45) is 0.660. The van der Waals surface area contributed by atoms with Crippen LogP contribution in [0.4, 0.5) is 0 Å². The van der Waals surface area contributed by atoms with Crippen molar-refractivity contribution < 1.29 is 29.0 Å². The Labute approximate surface area is 87.2 Å². The molecule has 15 heavy (non-hydrogen) atoms. The molecule has 0 aromatic carbocycles. The van der Waals surface area contributed by atoms with Crippen molar-refractivity contribution in [2.24, 2.45) is 5.92 Å². The summed E-state index contributed by atoms with van der Waals surface area (Å²) in [6.45, 7) is 3.19. The monoisotopic (exact) mass is 218 g/mol. The van der Waals surface area contributed by atoms with Gasteiger partial charge in [0.1, 0.15) is 13.2 Å². The Morgan fingerprint density at radius 2 is 1.73 bits per heavy atom. The zero-order valence-electron chi connectivity index (χ0n) is 8.69. The maximum atomic E-state index is 11.1. The van der Waals surface area contributed by atoms with Crippen molar-refractivity contribution in [2.45, 2.75) is 20.3 Å². The van der Waals surface area contributed by atoms with Crippen LogP contribution in [0.5, 0.6) is 0 Å². The molecule has 0 fully saturated rings. The summed E-state index contributed by atoms with van der Waals surface area (Å²) >= 11 is 0. The molecule has 0 aliphatic carbocycles. The molecule has 0 bridgehead atoms. The van der Waals surface area contributed by atoms with E-state index in [2.05, 4.69) is 4.74 Å². The first kappa shape index (κ1) is 13.4. The van der Waals surface area contributed by atoms with Crippen molar-refractivity contribution in [3.05, 3.63) is 0 Å². The Kier molecular flexibility index (Phi) is 6.08. The van der Waals surface area contributed by atoms with Crippen LogP contribution in [-0.2, 0) is 23.9 Å². The van der Waals surface area contributed by atoms with Crippen molar-refractivity contribution in [2.75, 3.05) is 13.2 Å². The van der Waals surface area contributed by atoms with Crippen LogP contribution in [0.15, 0.2) is 0 Å². The summed E-state index contributed by atoms with van der Waals surface area (Å²) in [7, 11) is 0. The second kappa shape index (κ2) is 6.80. The minimum atomic E-state index is -1.66. The molecule has 0 spiro atoms. The molecule has 0 saturated heterocycles. The first-order valence-corrected chi connectivity index (χ1v) is 4.55. The maximum Gasteiger partial charge on any atom is 0.417 e. The molecule has 1 N–H and O–H groups in total. The van der Waals surface area contributed by atoms with Crippen LogP contribution in [0.2, 0.25) is 0 Å². The van der Waals surface area contributed by atoms with Gasteiger partial charge < -0.3 is 14.6 Å². The number of esters is 2. The number of carbonyl (C=O) groups excluding carboxylic acids is 2. The Balaban J connectivity index is 3.59. The molecule has 0 rings (SSSR count). The Morgan fingerprint density at radius 1 is 1.20 bits per heavy atom. The summed E-state index contributed by atoms with van der Waals surface area (Å²) in [4.78, 5) is 31.5. The molecule has 6 heteroatoms. The molecule has 0 aliphatic heterocycles. The number of carboxylic acid groups (broad SMARTS) is 1. The van der Waals surface area contributed by atoms with Gasteiger partial charge in [0.2, 0.25) is 0 Å². The number of carboxylic acids is 1. The third kappa shape index (κ3) is 5.66. The topological polar surface area (TPSA) is 89.9 Å². The third-order valence-corrected chi connectivity index (χ3v) is 1.75. The lowest BCUT2D eigenvalue weighted by Gasteiger charge is -2.08. The van der Waals surface area contributed by atoms with Crippen LogP contribution in [0.25, 0.3) is 0 Å². The van der Waals surface area contributed by atoms with Crippen LogP contribution in [0, 0.1) is 5.92 Å². The highest BCUT2D eigenvalue weighted by Gasteiger charge is 2.14. The highest BCUT2D eigenvalue weighted by atomic mass is 16.6. The van der Waals surface area contributed by atoms with Gasteiger partial charge in [-0.3, -0.25) is 4.79 Å². The van der Waals surface area contributed by atoms with Crippen molar-refractivity contribution >= 4 is 17.9 Å². The first-order chi connectivity index (χ1) is 6.99. The largest absolute Gasteiger partial charge is 0.473 e. The SMILES string of the molecule is CC[C@H](C)C(=O)OCCOC(=O)C(=O)O. The fraction of sp³-hybridized carbons (Fsp3) is 0.667. The molecule has 0 amide bonds. The van der Waals surface area contributed by atoms with Crippen molar-refractivity contribution in [3.63, 3.8) is 0 Å². The molecule has 0 aromatic rings. The first-order valence-electron chi connectivity index (χ1n) is 4.55. The second-order valence-electron chi connectivity index (χ2n) is 2.92. The van der Waals surface area contributed by atoms with Gasteiger partial charge in [0.25, 0.3) is 0 Å². The number of hydrogen-bond acceptors (Lipinski definition) is 5. The van der Waals surface area contributed by atoms with E-state index in [9.17, 15) is 14.4 Å².